The van der Waals surface area contributed by atoms with Gasteiger partial charge in [0.1, 0.15) is 4.90 Å². The van der Waals surface area contributed by atoms with Crippen LogP contribution in [-0.2, 0) is 10.0 Å². The third kappa shape index (κ3) is 5.10. The van der Waals surface area contributed by atoms with Crippen LogP contribution >= 0.6 is 11.6 Å². The monoisotopic (exact) mass is 305 g/mol. The number of nitrogens with one attached hydrogen (secondary N) is 2. The summed E-state index contributed by atoms with van der Waals surface area (Å²) in [5.74, 6) is 0. The SMILES string of the molecule is C[NH+](C)CC(C)(C)CNS(=O)(=O)c1ccccc1Cl. The molecule has 0 aliphatic rings. The number of quaternary nitrogens is 1. The second kappa shape index (κ2) is 6.22. The van der Waals surface area contributed by atoms with Crippen molar-refractivity contribution >= 4 is 21.6 Å². The number of halogens is 1. The molecule has 1 aromatic rings. The molecule has 4 nitrogen and oxygen atoms in total. The van der Waals surface area contributed by atoms with Gasteiger partial charge in [0.25, 0.3) is 0 Å². The zero-order valence-electron chi connectivity index (χ0n) is 11.8. The normalized spacial score (nSPS) is 12.9. The van der Waals surface area contributed by atoms with E-state index in [4.69, 9.17) is 11.6 Å². The first kappa shape index (κ1) is 16.4. The van der Waals surface area contributed by atoms with Gasteiger partial charge in [-0.15, -0.1) is 0 Å². The Morgan fingerprint density at radius 3 is 2.37 bits per heavy atom. The highest BCUT2D eigenvalue weighted by Gasteiger charge is 2.25. The van der Waals surface area contributed by atoms with Crippen LogP contribution in [0.3, 0.4) is 0 Å². The van der Waals surface area contributed by atoms with Crippen LogP contribution in [0.1, 0.15) is 13.8 Å². The van der Waals surface area contributed by atoms with E-state index >= 15 is 0 Å². The van der Waals surface area contributed by atoms with Gasteiger partial charge in [0.15, 0.2) is 0 Å². The van der Waals surface area contributed by atoms with Crippen LogP contribution in [0.25, 0.3) is 0 Å². The van der Waals surface area contributed by atoms with Crippen LogP contribution in [0, 0.1) is 5.41 Å². The van der Waals surface area contributed by atoms with Crippen molar-refractivity contribution in [1.82, 2.24) is 4.72 Å². The molecular formula is C13H22ClN2O2S+. The van der Waals surface area contributed by atoms with Crippen LogP contribution in [-0.4, -0.2) is 35.6 Å². The molecule has 0 saturated carbocycles. The zero-order chi connectivity index (χ0) is 14.7. The molecule has 1 aromatic carbocycles. The van der Waals surface area contributed by atoms with E-state index in [0.717, 1.165) is 6.54 Å². The molecule has 0 aliphatic heterocycles. The Bertz CT molecular complexity index is 527. The quantitative estimate of drug-likeness (QED) is 0.816. The minimum atomic E-state index is -3.55. The Kier molecular flexibility index (Phi) is 5.38. The molecule has 2 N–H and O–H groups in total. The smallest absolute Gasteiger partial charge is 0.242 e. The Hall–Kier alpha value is -0.620. The molecular weight excluding hydrogens is 284 g/mol. The summed E-state index contributed by atoms with van der Waals surface area (Å²) in [7, 11) is 0.541. The molecule has 0 fully saturated rings. The van der Waals surface area contributed by atoms with Gasteiger partial charge in [0.2, 0.25) is 10.0 Å². The Morgan fingerprint density at radius 1 is 1.26 bits per heavy atom. The number of hydrogen-bond donors (Lipinski definition) is 2. The first-order valence-electron chi connectivity index (χ1n) is 6.17. The molecule has 108 valence electrons. The minimum Gasteiger partial charge on any atom is -0.339 e. The lowest BCUT2D eigenvalue weighted by molar-refractivity contribution is -0.865. The largest absolute Gasteiger partial charge is 0.339 e. The van der Waals surface area contributed by atoms with Crippen LogP contribution in [0.2, 0.25) is 5.02 Å². The molecule has 0 unspecified atom stereocenters. The Morgan fingerprint density at radius 2 is 1.84 bits per heavy atom. The van der Waals surface area contributed by atoms with Gasteiger partial charge in [0.05, 0.1) is 25.7 Å². The van der Waals surface area contributed by atoms with Gasteiger partial charge in [0, 0.05) is 12.0 Å². The van der Waals surface area contributed by atoms with E-state index in [1.807, 2.05) is 27.9 Å². The first-order valence-corrected chi connectivity index (χ1v) is 8.03. The fourth-order valence-electron chi connectivity index (χ4n) is 2.05. The molecule has 0 spiro atoms. The average molecular weight is 306 g/mol. The van der Waals surface area contributed by atoms with E-state index < -0.39 is 10.0 Å². The van der Waals surface area contributed by atoms with Crippen LogP contribution in [0.15, 0.2) is 29.2 Å². The van der Waals surface area contributed by atoms with Gasteiger partial charge < -0.3 is 4.90 Å². The van der Waals surface area contributed by atoms with Gasteiger partial charge >= 0.3 is 0 Å². The van der Waals surface area contributed by atoms with Gasteiger partial charge in [-0.2, -0.15) is 0 Å². The van der Waals surface area contributed by atoms with E-state index in [9.17, 15) is 8.42 Å². The minimum absolute atomic E-state index is 0.118. The summed E-state index contributed by atoms with van der Waals surface area (Å²) < 4.78 is 27.0. The summed E-state index contributed by atoms with van der Waals surface area (Å²) in [6, 6.07) is 6.45. The summed E-state index contributed by atoms with van der Waals surface area (Å²) in [5, 5.41) is 0.242. The van der Waals surface area contributed by atoms with Crippen molar-refractivity contribution in [3.63, 3.8) is 0 Å². The van der Waals surface area contributed by atoms with E-state index in [1.165, 1.54) is 11.0 Å². The average Bonchev–Trinajstić information content (AvgIpc) is 2.25. The van der Waals surface area contributed by atoms with Gasteiger partial charge in [-0.3, -0.25) is 0 Å². The van der Waals surface area contributed by atoms with E-state index in [1.54, 1.807) is 18.2 Å². The number of sulfonamides is 1. The van der Waals surface area contributed by atoms with E-state index in [-0.39, 0.29) is 15.3 Å². The maximum absolute atomic E-state index is 12.2. The maximum Gasteiger partial charge on any atom is 0.242 e. The standard InChI is InChI=1S/C13H21ClN2O2S/c1-13(2,10-16(3)4)9-15-19(17,18)12-8-6-5-7-11(12)14/h5-8,15H,9-10H2,1-4H3/p+1. The molecule has 1 rings (SSSR count). The summed E-state index contributed by atoms with van der Waals surface area (Å²) in [6.07, 6.45) is 0. The van der Waals surface area contributed by atoms with Crippen LogP contribution in [0.5, 0.6) is 0 Å². The predicted octanol–water partition coefficient (Wildman–Crippen LogP) is 0.789. The topological polar surface area (TPSA) is 50.6 Å². The molecule has 0 heterocycles. The number of hydrogen-bond acceptors (Lipinski definition) is 2. The molecule has 0 aliphatic carbocycles. The van der Waals surface area contributed by atoms with E-state index in [2.05, 4.69) is 4.72 Å². The van der Waals surface area contributed by atoms with Crippen molar-refractivity contribution < 1.29 is 13.3 Å². The fraction of sp³-hybridized carbons (Fsp3) is 0.538. The lowest BCUT2D eigenvalue weighted by atomic mass is 9.93. The highest BCUT2D eigenvalue weighted by Crippen LogP contribution is 2.21. The number of rotatable bonds is 6. The molecule has 0 radical (unpaired) electrons. The van der Waals surface area contributed by atoms with Gasteiger partial charge in [-0.25, -0.2) is 13.1 Å². The summed E-state index contributed by atoms with van der Waals surface area (Å²) in [6.45, 7) is 5.33. The van der Waals surface area contributed by atoms with Crippen LogP contribution in [0.4, 0.5) is 0 Å². The molecule has 0 amide bonds. The zero-order valence-corrected chi connectivity index (χ0v) is 13.4. The summed E-state index contributed by atoms with van der Waals surface area (Å²) in [5.41, 5.74) is -0.118. The molecule has 0 atom stereocenters. The highest BCUT2D eigenvalue weighted by molar-refractivity contribution is 7.89. The molecule has 0 aromatic heterocycles. The van der Waals surface area contributed by atoms with Crippen molar-refractivity contribution in [2.75, 3.05) is 27.2 Å². The molecule has 19 heavy (non-hydrogen) atoms. The lowest BCUT2D eigenvalue weighted by Crippen LogP contribution is -3.07. The number of benzene rings is 1. The van der Waals surface area contributed by atoms with Gasteiger partial charge in [-0.1, -0.05) is 37.6 Å². The molecule has 6 heteroatoms. The fourth-order valence-corrected chi connectivity index (χ4v) is 3.81. The van der Waals surface area contributed by atoms with Crippen molar-refractivity contribution in [2.45, 2.75) is 18.7 Å². The highest BCUT2D eigenvalue weighted by atomic mass is 35.5. The van der Waals surface area contributed by atoms with Gasteiger partial charge in [-0.05, 0) is 12.1 Å². The maximum atomic E-state index is 12.2. The first-order chi connectivity index (χ1) is 8.64. The Labute approximate surface area is 120 Å². The Balaban J connectivity index is 2.80. The second-order valence-corrected chi connectivity index (χ2v) is 7.95. The molecule has 0 saturated heterocycles. The van der Waals surface area contributed by atoms with E-state index in [0.29, 0.717) is 6.54 Å². The second-order valence-electron chi connectivity index (χ2n) is 5.80. The summed E-state index contributed by atoms with van der Waals surface area (Å²) >= 11 is 5.92. The van der Waals surface area contributed by atoms with Crippen molar-refractivity contribution in [3.8, 4) is 0 Å². The molecule has 0 bridgehead atoms. The lowest BCUT2D eigenvalue weighted by Gasteiger charge is -2.26. The third-order valence-corrected chi connectivity index (χ3v) is 4.60. The van der Waals surface area contributed by atoms with Crippen molar-refractivity contribution in [3.05, 3.63) is 29.3 Å². The third-order valence-electron chi connectivity index (χ3n) is 2.70. The summed E-state index contributed by atoms with van der Waals surface area (Å²) in [4.78, 5) is 1.41. The predicted molar refractivity (Wildman–Crippen MR) is 78.1 cm³/mol. The van der Waals surface area contributed by atoms with Crippen LogP contribution < -0.4 is 9.62 Å². The van der Waals surface area contributed by atoms with Crippen molar-refractivity contribution in [2.24, 2.45) is 5.41 Å². The van der Waals surface area contributed by atoms with Crippen molar-refractivity contribution in [1.29, 1.82) is 0 Å².